The van der Waals surface area contributed by atoms with Crippen molar-refractivity contribution in [1.82, 2.24) is 4.57 Å². The normalized spacial score (nSPS) is 11.5. The van der Waals surface area contributed by atoms with Crippen molar-refractivity contribution in [2.45, 2.75) is 156 Å². The summed E-state index contributed by atoms with van der Waals surface area (Å²) in [5.74, 6) is 0. The summed E-state index contributed by atoms with van der Waals surface area (Å²) < 4.78 is 24.7. The van der Waals surface area contributed by atoms with Crippen LogP contribution < -0.4 is 9.46 Å². The average molecular weight is 531 g/mol. The molecule has 0 aliphatic rings. The minimum Gasteiger partial charge on any atom is -0.756 e. The molecule has 0 fully saturated rings. The Morgan fingerprint density at radius 1 is 0.667 bits per heavy atom. The van der Waals surface area contributed by atoms with Gasteiger partial charge in [0.15, 0.2) is 0 Å². The van der Waals surface area contributed by atoms with Gasteiger partial charge in [0.05, 0.1) is 26.3 Å². The number of aromatic nitrogens is 2. The van der Waals surface area contributed by atoms with Gasteiger partial charge < -0.3 is 13.9 Å². The van der Waals surface area contributed by atoms with Crippen molar-refractivity contribution in [3.63, 3.8) is 0 Å². The molecule has 0 amide bonds. The molecule has 1 aromatic heterocycles. The van der Waals surface area contributed by atoms with Crippen molar-refractivity contribution >= 4 is 7.82 Å². The van der Waals surface area contributed by atoms with Gasteiger partial charge in [0, 0.05) is 0 Å². The second-order valence-electron chi connectivity index (χ2n) is 9.90. The Morgan fingerprint density at radius 3 is 1.47 bits per heavy atom. The van der Waals surface area contributed by atoms with Crippen LogP contribution in [0.25, 0.3) is 0 Å². The molecule has 1 aromatic rings. The third kappa shape index (κ3) is 23.7. The molecule has 0 spiro atoms. The summed E-state index contributed by atoms with van der Waals surface area (Å²) in [6.45, 7) is 11.1. The Bertz CT molecular complexity index is 610. The summed E-state index contributed by atoms with van der Waals surface area (Å²) in [6, 6.07) is 0. The van der Waals surface area contributed by atoms with Gasteiger partial charge in [0.1, 0.15) is 12.4 Å². The molecule has 1 rings (SSSR count). The van der Waals surface area contributed by atoms with E-state index >= 15 is 0 Å². The lowest BCUT2D eigenvalue weighted by atomic mass is 10.0. The van der Waals surface area contributed by atoms with E-state index in [4.69, 9.17) is 0 Å². The molecule has 36 heavy (non-hydrogen) atoms. The van der Waals surface area contributed by atoms with Gasteiger partial charge in [-0.1, -0.05) is 111 Å². The maximum absolute atomic E-state index is 11.0. The van der Waals surface area contributed by atoms with Crippen LogP contribution >= 0.6 is 7.82 Å². The third-order valence-corrected chi connectivity index (χ3v) is 7.37. The zero-order valence-corrected chi connectivity index (χ0v) is 25.2. The quantitative estimate of drug-likeness (QED) is 0.0765. The van der Waals surface area contributed by atoms with E-state index in [0.29, 0.717) is 0 Å². The van der Waals surface area contributed by atoms with Gasteiger partial charge in [0.25, 0.3) is 7.82 Å². The lowest BCUT2D eigenvalue weighted by Crippen LogP contribution is -2.28. The van der Waals surface area contributed by atoms with Crippen molar-refractivity contribution in [3.05, 3.63) is 18.7 Å². The van der Waals surface area contributed by atoms with Crippen LogP contribution in [0.4, 0.5) is 0 Å². The molecule has 0 radical (unpaired) electrons. The maximum Gasteiger partial charge on any atom is 0.267 e. The van der Waals surface area contributed by atoms with E-state index in [0.717, 1.165) is 32.2 Å². The summed E-state index contributed by atoms with van der Waals surface area (Å²) in [7, 11) is -4.00. The molecule has 7 heteroatoms. The largest absolute Gasteiger partial charge is 0.756 e. The first-order valence-electron chi connectivity index (χ1n) is 15.1. The zero-order valence-electron chi connectivity index (χ0n) is 24.3. The predicted octanol–water partition coefficient (Wildman–Crippen LogP) is 8.37. The molecule has 0 saturated heterocycles. The molecule has 214 valence electrons. The van der Waals surface area contributed by atoms with Crippen LogP contribution in [0, 0.1) is 0 Å². The summed E-state index contributed by atoms with van der Waals surface area (Å²) >= 11 is 0. The van der Waals surface area contributed by atoms with Gasteiger partial charge in [-0.3, -0.25) is 4.57 Å². The Morgan fingerprint density at radius 2 is 1.08 bits per heavy atom. The first kappa shape index (κ1) is 35.3. The van der Waals surface area contributed by atoms with Gasteiger partial charge in [-0.25, -0.2) is 9.13 Å². The van der Waals surface area contributed by atoms with Crippen LogP contribution in [0.15, 0.2) is 18.7 Å². The van der Waals surface area contributed by atoms with E-state index in [2.05, 4.69) is 50.8 Å². The van der Waals surface area contributed by atoms with Crippen molar-refractivity contribution in [2.75, 3.05) is 13.2 Å². The summed E-state index contributed by atoms with van der Waals surface area (Å²) in [5, 5.41) is 0. The van der Waals surface area contributed by atoms with Crippen LogP contribution in [0.5, 0.6) is 0 Å². The van der Waals surface area contributed by atoms with E-state index in [9.17, 15) is 9.46 Å². The highest BCUT2D eigenvalue weighted by Gasteiger charge is 2.07. The summed E-state index contributed by atoms with van der Waals surface area (Å²) in [6.07, 6.45) is 30.0. The minimum atomic E-state index is -4.00. The van der Waals surface area contributed by atoms with Crippen molar-refractivity contribution in [2.24, 2.45) is 0 Å². The fourth-order valence-electron chi connectivity index (χ4n) is 3.93. The van der Waals surface area contributed by atoms with Crippen LogP contribution in [0.3, 0.4) is 0 Å². The van der Waals surface area contributed by atoms with Gasteiger partial charge in [-0.05, 0) is 32.6 Å². The highest BCUT2D eigenvalue weighted by molar-refractivity contribution is 7.45. The highest BCUT2D eigenvalue weighted by Crippen LogP contribution is 2.38. The lowest BCUT2D eigenvalue weighted by molar-refractivity contribution is -0.693. The summed E-state index contributed by atoms with van der Waals surface area (Å²) in [5.41, 5.74) is 0. The van der Waals surface area contributed by atoms with E-state index < -0.39 is 7.82 Å². The van der Waals surface area contributed by atoms with E-state index in [1.165, 1.54) is 96.4 Å². The van der Waals surface area contributed by atoms with Gasteiger partial charge in [0.2, 0.25) is 6.33 Å². The zero-order chi connectivity index (χ0) is 26.7. The lowest BCUT2D eigenvalue weighted by Gasteiger charge is -2.22. The first-order valence-corrected chi connectivity index (χ1v) is 16.6. The number of phosphoric ester groups is 1. The Kier molecular flexibility index (Phi) is 25.5. The number of aryl methyl sites for hydroxylation is 2. The smallest absolute Gasteiger partial charge is 0.267 e. The topological polar surface area (TPSA) is 67.4 Å². The van der Waals surface area contributed by atoms with Gasteiger partial charge in [-0.2, -0.15) is 0 Å². The Hall–Kier alpha value is -0.680. The van der Waals surface area contributed by atoms with Crippen molar-refractivity contribution in [1.29, 1.82) is 0 Å². The number of phosphoric acid groups is 1. The van der Waals surface area contributed by atoms with Crippen molar-refractivity contribution in [3.8, 4) is 0 Å². The molecule has 0 aliphatic carbocycles. The molecule has 0 N–H and O–H groups in total. The number of imidazole rings is 1. The molecule has 0 bridgehead atoms. The molecule has 0 aliphatic heterocycles. The maximum atomic E-state index is 11.0. The number of rotatable bonds is 24. The number of unbranched alkanes of at least 4 members (excludes halogenated alkanes) is 15. The fraction of sp³-hybridized carbons (Fsp3) is 0.897. The van der Waals surface area contributed by atoms with Gasteiger partial charge >= 0.3 is 0 Å². The molecule has 0 unspecified atom stereocenters. The Labute approximate surface area is 223 Å². The average Bonchev–Trinajstić information content (AvgIpc) is 3.33. The number of hydrogen-bond donors (Lipinski definition) is 0. The van der Waals surface area contributed by atoms with Crippen LogP contribution in [-0.2, 0) is 26.7 Å². The highest BCUT2D eigenvalue weighted by atomic mass is 31.2. The number of nitrogens with zero attached hydrogens (tertiary/aromatic N) is 2. The standard InChI is InChI=1S/C21H41N2.C8H19O4P/c1-3-5-6-7-8-9-10-11-12-13-14-15-16-17-18-23-20-19-22(4-2)21-23;1-3-5-7-11-13(9,10)12-8-6-4-2/h19-21H,3-18H2,1-2H3;3-8H2,1-2H3,(H,9,10)/q+1;/p-1. The van der Waals surface area contributed by atoms with E-state index in [1.807, 2.05) is 13.8 Å². The van der Waals surface area contributed by atoms with Crippen molar-refractivity contribution < 1.29 is 23.1 Å². The van der Waals surface area contributed by atoms with Crippen LogP contribution in [0.2, 0.25) is 0 Å². The first-order chi connectivity index (χ1) is 17.5. The number of hydrogen-bond acceptors (Lipinski definition) is 4. The monoisotopic (exact) mass is 530 g/mol. The molecular weight excluding hydrogens is 471 g/mol. The van der Waals surface area contributed by atoms with Crippen LogP contribution in [0.1, 0.15) is 143 Å². The van der Waals surface area contributed by atoms with E-state index in [1.54, 1.807) is 0 Å². The Balaban J connectivity index is 0.000000802. The SMILES string of the molecule is CCCCCCCCCCCCCCCCn1cc[n+](CC)c1.CCCCOP(=O)([O-])OCCCC. The molecule has 0 saturated carbocycles. The molecule has 6 nitrogen and oxygen atoms in total. The second-order valence-corrected chi connectivity index (χ2v) is 11.3. The predicted molar refractivity (Wildman–Crippen MR) is 150 cm³/mol. The van der Waals surface area contributed by atoms with E-state index in [-0.39, 0.29) is 13.2 Å². The third-order valence-electron chi connectivity index (χ3n) is 6.38. The van der Waals surface area contributed by atoms with Crippen LogP contribution in [-0.4, -0.2) is 17.8 Å². The fourth-order valence-corrected chi connectivity index (χ4v) is 4.71. The molecular formula is C29H59N2O4P. The molecule has 1 heterocycles. The summed E-state index contributed by atoms with van der Waals surface area (Å²) in [4.78, 5) is 11.0. The van der Waals surface area contributed by atoms with Gasteiger partial charge in [-0.15, -0.1) is 0 Å². The second kappa shape index (κ2) is 25.9. The minimum absolute atomic E-state index is 0.226. The molecule has 0 atom stereocenters. The molecule has 0 aromatic carbocycles.